The quantitative estimate of drug-likeness (QED) is 0.266. The number of hydrogen-bond acceptors (Lipinski definition) is 5. The Labute approximate surface area is 173 Å². The molecule has 0 aliphatic rings. The molecule has 0 unspecified atom stereocenters. The minimum absolute atomic E-state index is 0.129. The topological polar surface area (TPSA) is 118 Å². The fraction of sp³-hybridized carbons (Fsp3) is 0.143. The molecule has 0 aliphatic heterocycles. The molecule has 0 amide bonds. The average molecular weight is 447 g/mol. The minimum Gasteiger partial charge on any atom is -0.489 e. The molecule has 156 valence electrons. The molecule has 4 aromatic rings. The molecule has 0 aliphatic carbocycles. The van der Waals surface area contributed by atoms with Crippen LogP contribution in [0.2, 0.25) is 0 Å². The lowest BCUT2D eigenvalue weighted by atomic mass is 9.92. The van der Waals surface area contributed by atoms with Gasteiger partial charge in [-0.25, -0.2) is 0 Å². The van der Waals surface area contributed by atoms with Crippen molar-refractivity contribution in [2.24, 2.45) is 0 Å². The van der Waals surface area contributed by atoms with E-state index in [1.807, 2.05) is 0 Å². The van der Waals surface area contributed by atoms with Gasteiger partial charge >= 0.3 is 0 Å². The van der Waals surface area contributed by atoms with Gasteiger partial charge in [0.1, 0.15) is 22.1 Å². The van der Waals surface area contributed by atoms with Gasteiger partial charge in [-0.2, -0.15) is 16.8 Å². The molecule has 0 aromatic heterocycles. The molecule has 4 aromatic carbocycles. The van der Waals surface area contributed by atoms with E-state index in [4.69, 9.17) is 4.74 Å². The Morgan fingerprint density at radius 3 is 1.87 bits per heavy atom. The molecule has 0 heterocycles. The zero-order chi connectivity index (χ0) is 22.0. The SMILES string of the molecule is C=C(C)COc1cc(S(=O)(=O)O)c2ccc3c(S(=O)(=O)O)cc(C)c4ccc1c2c43. The summed E-state index contributed by atoms with van der Waals surface area (Å²) in [7, 11) is -9.14. The maximum Gasteiger partial charge on any atom is 0.295 e. The molecule has 9 heteroatoms. The first kappa shape index (κ1) is 20.5. The highest BCUT2D eigenvalue weighted by molar-refractivity contribution is 7.86. The Hall–Kier alpha value is -2.72. The van der Waals surface area contributed by atoms with Gasteiger partial charge in [-0.15, -0.1) is 0 Å². The van der Waals surface area contributed by atoms with E-state index in [1.54, 1.807) is 26.0 Å². The van der Waals surface area contributed by atoms with Crippen LogP contribution in [-0.4, -0.2) is 32.5 Å². The maximum absolute atomic E-state index is 12.1. The summed E-state index contributed by atoms with van der Waals surface area (Å²) in [4.78, 5) is -0.625. The molecule has 30 heavy (non-hydrogen) atoms. The summed E-state index contributed by atoms with van der Waals surface area (Å²) in [5.74, 6) is 0.211. The highest BCUT2D eigenvalue weighted by Gasteiger charge is 2.24. The van der Waals surface area contributed by atoms with Crippen LogP contribution in [0.3, 0.4) is 0 Å². The first-order valence-corrected chi connectivity index (χ1v) is 11.7. The van der Waals surface area contributed by atoms with Gasteiger partial charge in [-0.05, 0) is 47.9 Å². The van der Waals surface area contributed by atoms with Crippen LogP contribution in [0, 0.1) is 6.92 Å². The van der Waals surface area contributed by atoms with Gasteiger partial charge in [0.15, 0.2) is 0 Å². The van der Waals surface area contributed by atoms with Crippen LogP contribution in [0.1, 0.15) is 12.5 Å². The molecule has 7 nitrogen and oxygen atoms in total. The van der Waals surface area contributed by atoms with E-state index in [0.29, 0.717) is 32.7 Å². The van der Waals surface area contributed by atoms with Crippen LogP contribution >= 0.6 is 0 Å². The largest absolute Gasteiger partial charge is 0.489 e. The molecule has 0 radical (unpaired) electrons. The molecule has 0 spiro atoms. The van der Waals surface area contributed by atoms with Crippen LogP contribution in [-0.2, 0) is 20.2 Å². The van der Waals surface area contributed by atoms with Crippen molar-refractivity contribution in [3.63, 3.8) is 0 Å². The molecular weight excluding hydrogens is 428 g/mol. The first-order chi connectivity index (χ1) is 13.9. The first-order valence-electron chi connectivity index (χ1n) is 8.87. The Kier molecular flexibility index (Phi) is 4.55. The summed E-state index contributed by atoms with van der Waals surface area (Å²) < 4.78 is 73.5. The van der Waals surface area contributed by atoms with Gasteiger partial charge in [0.2, 0.25) is 0 Å². The second-order valence-corrected chi connectivity index (χ2v) is 10.1. The van der Waals surface area contributed by atoms with Crippen molar-refractivity contribution in [1.29, 1.82) is 0 Å². The van der Waals surface area contributed by atoms with E-state index in [-0.39, 0.29) is 32.9 Å². The summed E-state index contributed by atoms with van der Waals surface area (Å²) in [6.07, 6.45) is 0. The number of benzene rings is 4. The molecule has 0 saturated heterocycles. The van der Waals surface area contributed by atoms with Crippen LogP contribution < -0.4 is 4.74 Å². The standard InChI is InChI=1S/C21H18O7S2/c1-11(2)10-28-17-9-19(30(25,26)27)16-7-6-15-18(29(22,23)24)8-12(3)13-4-5-14(17)21(16)20(13)15/h4-9H,1,10H2,2-3H3,(H,22,23,24)(H,25,26,27). The van der Waals surface area contributed by atoms with Crippen molar-refractivity contribution in [3.8, 4) is 5.75 Å². The minimum atomic E-state index is -4.61. The van der Waals surface area contributed by atoms with E-state index in [9.17, 15) is 25.9 Å². The fourth-order valence-corrected chi connectivity index (χ4v) is 5.29. The Bertz CT molecular complexity index is 1570. The summed E-state index contributed by atoms with van der Waals surface area (Å²) in [5, 5.41) is 2.58. The zero-order valence-electron chi connectivity index (χ0n) is 16.1. The normalized spacial score (nSPS) is 12.8. The second kappa shape index (κ2) is 6.64. The highest BCUT2D eigenvalue weighted by Crippen LogP contribution is 2.44. The van der Waals surface area contributed by atoms with Crippen molar-refractivity contribution in [2.45, 2.75) is 23.6 Å². The van der Waals surface area contributed by atoms with Crippen molar-refractivity contribution in [2.75, 3.05) is 6.61 Å². The Morgan fingerprint density at radius 1 is 0.867 bits per heavy atom. The Morgan fingerprint density at radius 2 is 1.33 bits per heavy atom. The predicted molar refractivity (Wildman–Crippen MR) is 115 cm³/mol. The zero-order valence-corrected chi connectivity index (χ0v) is 17.8. The van der Waals surface area contributed by atoms with Gasteiger partial charge < -0.3 is 4.74 Å². The summed E-state index contributed by atoms with van der Waals surface area (Å²) >= 11 is 0. The van der Waals surface area contributed by atoms with Gasteiger partial charge in [0.05, 0.1) is 0 Å². The molecule has 2 N–H and O–H groups in total. The van der Waals surface area contributed by atoms with Crippen LogP contribution in [0.5, 0.6) is 5.75 Å². The third kappa shape index (κ3) is 3.20. The highest BCUT2D eigenvalue weighted by atomic mass is 32.2. The molecule has 0 atom stereocenters. The van der Waals surface area contributed by atoms with E-state index >= 15 is 0 Å². The number of aryl methyl sites for hydroxylation is 1. The fourth-order valence-electron chi connectivity index (χ4n) is 3.81. The third-order valence-corrected chi connectivity index (χ3v) is 6.81. The van der Waals surface area contributed by atoms with Gasteiger partial charge in [0, 0.05) is 27.6 Å². The predicted octanol–water partition coefficient (Wildman–Crippen LogP) is 4.34. The second-order valence-electron chi connectivity index (χ2n) is 7.33. The maximum atomic E-state index is 12.1. The van der Waals surface area contributed by atoms with E-state index < -0.39 is 20.2 Å². The van der Waals surface area contributed by atoms with Crippen molar-refractivity contribution in [1.82, 2.24) is 0 Å². The smallest absolute Gasteiger partial charge is 0.295 e. The number of ether oxygens (including phenoxy) is 1. The van der Waals surface area contributed by atoms with Gasteiger partial charge in [0.25, 0.3) is 20.2 Å². The van der Waals surface area contributed by atoms with E-state index in [2.05, 4.69) is 6.58 Å². The third-order valence-electron chi connectivity index (χ3n) is 5.02. The summed E-state index contributed by atoms with van der Waals surface area (Å²) in [5.41, 5.74) is 1.30. The van der Waals surface area contributed by atoms with Crippen molar-refractivity contribution < 1.29 is 30.7 Å². The molecule has 0 saturated carbocycles. The lowest BCUT2D eigenvalue weighted by Crippen LogP contribution is -2.05. The van der Waals surface area contributed by atoms with E-state index in [1.165, 1.54) is 24.3 Å². The average Bonchev–Trinajstić information content (AvgIpc) is 2.63. The lowest BCUT2D eigenvalue weighted by molar-refractivity contribution is 0.356. The monoisotopic (exact) mass is 446 g/mol. The van der Waals surface area contributed by atoms with Gasteiger partial charge in [-0.1, -0.05) is 24.8 Å². The van der Waals surface area contributed by atoms with Crippen molar-refractivity contribution in [3.05, 3.63) is 54.1 Å². The number of rotatable bonds is 5. The van der Waals surface area contributed by atoms with Crippen LogP contribution in [0.4, 0.5) is 0 Å². The van der Waals surface area contributed by atoms with E-state index in [0.717, 1.165) is 0 Å². The summed E-state index contributed by atoms with van der Waals surface area (Å²) in [6.45, 7) is 7.34. The molecule has 4 rings (SSSR count). The molecule has 0 fully saturated rings. The number of hydrogen-bond donors (Lipinski definition) is 2. The van der Waals surface area contributed by atoms with Crippen LogP contribution in [0.15, 0.2) is 58.3 Å². The summed E-state index contributed by atoms with van der Waals surface area (Å²) in [6, 6.07) is 9.01. The van der Waals surface area contributed by atoms with Crippen LogP contribution in [0.25, 0.3) is 32.3 Å². The molecule has 0 bridgehead atoms. The Balaban J connectivity index is 2.29. The molecular formula is C21H18O7S2. The van der Waals surface area contributed by atoms with Gasteiger partial charge in [-0.3, -0.25) is 9.11 Å². The lowest BCUT2D eigenvalue weighted by Gasteiger charge is -2.18. The van der Waals surface area contributed by atoms with Crippen molar-refractivity contribution >= 4 is 52.6 Å².